The van der Waals surface area contributed by atoms with Crippen LogP contribution in [0, 0.1) is 0 Å². The highest BCUT2D eigenvalue weighted by molar-refractivity contribution is 8.13. The summed E-state index contributed by atoms with van der Waals surface area (Å²) in [5.74, 6) is 1.19. The lowest BCUT2D eigenvalue weighted by molar-refractivity contribution is -0.116. The Kier molecular flexibility index (Phi) is 4.68. The van der Waals surface area contributed by atoms with Crippen molar-refractivity contribution in [3.63, 3.8) is 0 Å². The Morgan fingerprint density at radius 1 is 1.47 bits per heavy atom. The van der Waals surface area contributed by atoms with Crippen LogP contribution in [-0.4, -0.2) is 41.5 Å². The summed E-state index contributed by atoms with van der Waals surface area (Å²) in [7, 11) is 0. The molecule has 0 aromatic heterocycles. The lowest BCUT2D eigenvalue weighted by Gasteiger charge is -2.15. The van der Waals surface area contributed by atoms with Gasteiger partial charge < -0.3 is 15.0 Å². The van der Waals surface area contributed by atoms with Crippen LogP contribution in [0.5, 0.6) is 5.75 Å². The first kappa shape index (κ1) is 13.7. The summed E-state index contributed by atoms with van der Waals surface area (Å²) in [6, 6.07) is 7.26. The third-order valence-corrected chi connectivity index (χ3v) is 3.53. The first-order valence-electron chi connectivity index (χ1n) is 6.14. The third kappa shape index (κ3) is 3.64. The van der Waals surface area contributed by atoms with Crippen LogP contribution in [-0.2, 0) is 4.79 Å². The average molecular weight is 280 g/mol. The van der Waals surface area contributed by atoms with E-state index >= 15 is 0 Å². The Hall–Kier alpha value is -1.69. The zero-order chi connectivity index (χ0) is 13.7. The van der Waals surface area contributed by atoms with Crippen molar-refractivity contribution in [1.29, 1.82) is 0 Å². The van der Waals surface area contributed by atoms with Crippen molar-refractivity contribution in [3.8, 4) is 5.75 Å². The van der Waals surface area contributed by atoms with Gasteiger partial charge in [0.15, 0.2) is 0 Å². The van der Waals surface area contributed by atoms with Crippen LogP contribution in [0.25, 0.3) is 0 Å². The van der Waals surface area contributed by atoms with Gasteiger partial charge in [-0.2, -0.15) is 0 Å². The molecule has 2 amide bonds. The van der Waals surface area contributed by atoms with Gasteiger partial charge in [0.1, 0.15) is 12.3 Å². The Morgan fingerprint density at radius 3 is 2.95 bits per heavy atom. The molecule has 0 spiro atoms. The molecular weight excluding hydrogens is 264 g/mol. The highest BCUT2D eigenvalue weighted by Crippen LogP contribution is 2.24. The second-order valence-electron chi connectivity index (χ2n) is 4.01. The molecule has 0 bridgehead atoms. The summed E-state index contributed by atoms with van der Waals surface area (Å²) in [6.45, 7) is 3.14. The minimum atomic E-state index is -0.206. The average Bonchev–Trinajstić information content (AvgIpc) is 2.78. The van der Waals surface area contributed by atoms with Crippen LogP contribution in [0.1, 0.15) is 6.92 Å². The molecule has 0 aliphatic carbocycles. The second kappa shape index (κ2) is 6.47. The number of hydrogen-bond acceptors (Lipinski definition) is 4. The van der Waals surface area contributed by atoms with Gasteiger partial charge in [-0.3, -0.25) is 9.59 Å². The molecule has 1 N–H and O–H groups in total. The maximum absolute atomic E-state index is 11.9. The SMILES string of the molecule is CCOc1ccccc1NC(=O)CN1CCSC1=O. The van der Waals surface area contributed by atoms with Crippen molar-refractivity contribution in [3.05, 3.63) is 24.3 Å². The summed E-state index contributed by atoms with van der Waals surface area (Å²) in [5.41, 5.74) is 0.633. The highest BCUT2D eigenvalue weighted by Gasteiger charge is 2.23. The number of rotatable bonds is 5. The van der Waals surface area contributed by atoms with E-state index in [9.17, 15) is 9.59 Å². The van der Waals surface area contributed by atoms with Crippen molar-refractivity contribution in [1.82, 2.24) is 4.90 Å². The smallest absolute Gasteiger partial charge is 0.282 e. The van der Waals surface area contributed by atoms with Gasteiger partial charge in [0, 0.05) is 12.3 Å². The first-order valence-corrected chi connectivity index (χ1v) is 7.12. The molecular formula is C13H16N2O3S. The van der Waals surface area contributed by atoms with Gasteiger partial charge in [0.2, 0.25) is 5.91 Å². The van der Waals surface area contributed by atoms with E-state index in [0.717, 1.165) is 5.75 Å². The molecule has 1 aliphatic rings. The number of carbonyl (C=O) groups excluding carboxylic acids is 2. The Bertz CT molecular complexity index is 479. The number of thioether (sulfide) groups is 1. The molecule has 1 aromatic carbocycles. The summed E-state index contributed by atoms with van der Waals surface area (Å²) >= 11 is 1.25. The van der Waals surface area contributed by atoms with Crippen LogP contribution in [0.4, 0.5) is 10.5 Å². The van der Waals surface area contributed by atoms with E-state index in [4.69, 9.17) is 4.74 Å². The standard InChI is InChI=1S/C13H16N2O3S/c1-2-18-11-6-4-3-5-10(11)14-12(16)9-15-7-8-19-13(15)17/h3-6H,2,7-9H2,1H3,(H,14,16). The fourth-order valence-corrected chi connectivity index (χ4v) is 2.61. The molecule has 0 unspecified atom stereocenters. The maximum Gasteiger partial charge on any atom is 0.282 e. The molecule has 1 heterocycles. The minimum Gasteiger partial charge on any atom is -0.492 e. The fourth-order valence-electron chi connectivity index (χ4n) is 1.78. The third-order valence-electron chi connectivity index (χ3n) is 2.64. The van der Waals surface area contributed by atoms with Crippen LogP contribution >= 0.6 is 11.8 Å². The number of para-hydroxylation sites is 2. The van der Waals surface area contributed by atoms with Crippen molar-refractivity contribution < 1.29 is 14.3 Å². The second-order valence-corrected chi connectivity index (χ2v) is 5.06. The number of amides is 2. The van der Waals surface area contributed by atoms with Gasteiger partial charge in [-0.05, 0) is 19.1 Å². The van der Waals surface area contributed by atoms with Crippen LogP contribution < -0.4 is 10.1 Å². The lowest BCUT2D eigenvalue weighted by atomic mass is 10.3. The molecule has 1 aromatic rings. The number of hydrogen-bond donors (Lipinski definition) is 1. The Labute approximate surface area is 116 Å². The number of nitrogens with one attached hydrogen (secondary N) is 1. The van der Waals surface area contributed by atoms with Crippen molar-refractivity contribution >= 4 is 28.6 Å². The van der Waals surface area contributed by atoms with Gasteiger partial charge in [0.05, 0.1) is 12.3 Å². The predicted octanol–water partition coefficient (Wildman–Crippen LogP) is 2.19. The number of nitrogens with zero attached hydrogens (tertiary/aromatic N) is 1. The van der Waals surface area contributed by atoms with E-state index < -0.39 is 0 Å². The summed E-state index contributed by atoms with van der Waals surface area (Å²) in [5, 5.41) is 2.74. The van der Waals surface area contributed by atoms with E-state index in [1.54, 1.807) is 17.0 Å². The van der Waals surface area contributed by atoms with Gasteiger partial charge in [-0.1, -0.05) is 23.9 Å². The van der Waals surface area contributed by atoms with E-state index in [1.165, 1.54) is 11.8 Å². The fraction of sp³-hybridized carbons (Fsp3) is 0.385. The molecule has 1 fully saturated rings. The quantitative estimate of drug-likeness (QED) is 0.898. The van der Waals surface area contributed by atoms with Crippen molar-refractivity contribution in [2.24, 2.45) is 0 Å². The number of carbonyl (C=O) groups is 2. The minimum absolute atomic E-state index is 0.0340. The molecule has 102 valence electrons. The zero-order valence-electron chi connectivity index (χ0n) is 10.7. The Morgan fingerprint density at radius 2 is 2.26 bits per heavy atom. The lowest BCUT2D eigenvalue weighted by Crippen LogP contribution is -2.33. The Balaban J connectivity index is 1.96. The molecule has 19 heavy (non-hydrogen) atoms. The van der Waals surface area contributed by atoms with Gasteiger partial charge in [0.25, 0.3) is 5.24 Å². The maximum atomic E-state index is 11.9. The molecule has 1 saturated heterocycles. The van der Waals surface area contributed by atoms with Gasteiger partial charge in [-0.25, -0.2) is 0 Å². The molecule has 0 radical (unpaired) electrons. The molecule has 2 rings (SSSR count). The molecule has 1 aliphatic heterocycles. The van der Waals surface area contributed by atoms with Crippen LogP contribution in [0.2, 0.25) is 0 Å². The molecule has 5 nitrogen and oxygen atoms in total. The first-order chi connectivity index (χ1) is 9.20. The van der Waals surface area contributed by atoms with Crippen LogP contribution in [0.15, 0.2) is 24.3 Å². The summed E-state index contributed by atoms with van der Waals surface area (Å²) < 4.78 is 5.43. The highest BCUT2D eigenvalue weighted by atomic mass is 32.2. The zero-order valence-corrected chi connectivity index (χ0v) is 11.5. The number of benzene rings is 1. The van der Waals surface area contributed by atoms with E-state index in [0.29, 0.717) is 24.6 Å². The van der Waals surface area contributed by atoms with E-state index in [-0.39, 0.29) is 17.7 Å². The van der Waals surface area contributed by atoms with Gasteiger partial charge >= 0.3 is 0 Å². The predicted molar refractivity (Wildman–Crippen MR) is 75.7 cm³/mol. The van der Waals surface area contributed by atoms with E-state index in [1.807, 2.05) is 19.1 Å². The van der Waals surface area contributed by atoms with Crippen molar-refractivity contribution in [2.75, 3.05) is 30.8 Å². The largest absolute Gasteiger partial charge is 0.492 e. The summed E-state index contributed by atoms with van der Waals surface area (Å²) in [6.07, 6.45) is 0. The molecule has 0 saturated carbocycles. The normalized spacial score (nSPS) is 14.6. The van der Waals surface area contributed by atoms with Crippen molar-refractivity contribution in [2.45, 2.75) is 6.92 Å². The molecule has 6 heteroatoms. The summed E-state index contributed by atoms with van der Waals surface area (Å²) in [4.78, 5) is 24.9. The van der Waals surface area contributed by atoms with E-state index in [2.05, 4.69) is 5.32 Å². The monoisotopic (exact) mass is 280 g/mol. The number of ether oxygens (including phenoxy) is 1. The molecule has 0 atom stereocenters. The van der Waals surface area contributed by atoms with Gasteiger partial charge in [-0.15, -0.1) is 0 Å². The topological polar surface area (TPSA) is 58.6 Å². The van der Waals surface area contributed by atoms with Crippen LogP contribution in [0.3, 0.4) is 0 Å². The number of anilines is 1.